The number of carbonyl (C=O) groups is 4. The number of hydrogen-bond donors (Lipinski definition) is 1. The molecule has 2 heterocycles. The molecule has 0 saturated carbocycles. The van der Waals surface area contributed by atoms with E-state index in [1.54, 1.807) is 0 Å². The molecule has 10 nitrogen and oxygen atoms in total. The van der Waals surface area contributed by atoms with E-state index >= 15 is 0 Å². The number of carbonyl (C=O) groups excluding carboxylic acids is 3. The summed E-state index contributed by atoms with van der Waals surface area (Å²) >= 11 is 0. The molecule has 0 aromatic heterocycles. The lowest BCUT2D eigenvalue weighted by Crippen LogP contribution is -2.43. The van der Waals surface area contributed by atoms with Crippen molar-refractivity contribution < 1.29 is 82.4 Å². The van der Waals surface area contributed by atoms with Crippen LogP contribution in [0.1, 0.15) is 60.0 Å². The number of aliphatic carboxylic acids is 1. The van der Waals surface area contributed by atoms with Crippen molar-refractivity contribution in [2.45, 2.75) is 50.1 Å². The van der Waals surface area contributed by atoms with Crippen LogP contribution >= 0.6 is 0 Å². The van der Waals surface area contributed by atoms with Crippen LogP contribution in [0.15, 0.2) is 24.3 Å². The number of halogens is 10. The normalized spacial score (nSPS) is 20.9. The number of rotatable bonds is 4. The van der Waals surface area contributed by atoms with Crippen molar-refractivity contribution in [3.63, 3.8) is 0 Å². The van der Waals surface area contributed by atoms with Gasteiger partial charge in [0.05, 0.1) is 45.2 Å². The summed E-state index contributed by atoms with van der Waals surface area (Å²) in [6.07, 6.45) is -12.0. The van der Waals surface area contributed by atoms with Crippen molar-refractivity contribution >= 4 is 24.1 Å². The van der Waals surface area contributed by atoms with E-state index in [1.165, 1.54) is 7.11 Å². The quantitative estimate of drug-likeness (QED) is 0.197. The fraction of sp³-hybridized carbons (Fsp3) is 0.484. The van der Waals surface area contributed by atoms with Crippen LogP contribution in [0, 0.1) is 35.1 Å². The molecule has 2 amide bonds. The minimum Gasteiger partial charge on any atom is -0.481 e. The Bertz CT molecular complexity index is 1590. The van der Waals surface area contributed by atoms with Gasteiger partial charge >= 0.3 is 36.5 Å². The topological polar surface area (TPSA) is 123 Å². The molecule has 2 aliphatic heterocycles. The number of carboxylic acid groups (broad SMARTS) is 1. The SMILES string of the molecule is COC(=O)C1CCN(C(=O)OC)C(c2cc(F)c(C(F)(F)F)c(F)c2)C1.COC(=O)N1CCC(C(=O)O)CC1c1cc(F)c(C(F)(F)F)c(F)c1. The highest BCUT2D eigenvalue weighted by atomic mass is 19.4. The lowest BCUT2D eigenvalue weighted by molar-refractivity contribution is -0.148. The fourth-order valence-corrected chi connectivity index (χ4v) is 5.95. The van der Waals surface area contributed by atoms with Gasteiger partial charge in [0.1, 0.15) is 34.4 Å². The number of amides is 2. The van der Waals surface area contributed by atoms with Gasteiger partial charge in [0.15, 0.2) is 0 Å². The number of carboxylic acids is 1. The average molecular weight is 749 g/mol. The molecule has 2 saturated heterocycles. The zero-order valence-electron chi connectivity index (χ0n) is 26.8. The number of hydrogen-bond acceptors (Lipinski definition) is 7. The molecule has 2 aromatic carbocycles. The molecule has 4 rings (SSSR count). The highest BCUT2D eigenvalue weighted by molar-refractivity contribution is 5.74. The van der Waals surface area contributed by atoms with E-state index in [2.05, 4.69) is 14.2 Å². The highest BCUT2D eigenvalue weighted by Gasteiger charge is 2.43. The van der Waals surface area contributed by atoms with Gasteiger partial charge < -0.3 is 29.1 Å². The van der Waals surface area contributed by atoms with Crippen molar-refractivity contribution in [2.24, 2.45) is 11.8 Å². The second kappa shape index (κ2) is 16.1. The smallest absolute Gasteiger partial charge is 0.422 e. The lowest BCUT2D eigenvalue weighted by Gasteiger charge is -2.38. The van der Waals surface area contributed by atoms with Crippen LogP contribution in [-0.2, 0) is 36.2 Å². The fourth-order valence-electron chi connectivity index (χ4n) is 5.95. The Hall–Kier alpha value is -4.78. The van der Waals surface area contributed by atoms with E-state index in [1.807, 2.05) is 0 Å². The molecule has 0 bridgehead atoms. The third-order valence-corrected chi connectivity index (χ3v) is 8.37. The van der Waals surface area contributed by atoms with Crippen molar-refractivity contribution in [3.05, 3.63) is 69.8 Å². The molecular weight excluding hydrogens is 718 g/mol. The molecule has 20 heteroatoms. The predicted octanol–water partition coefficient (Wildman–Crippen LogP) is 7.26. The third kappa shape index (κ3) is 9.32. The molecule has 0 spiro atoms. The molecule has 2 fully saturated rings. The third-order valence-electron chi connectivity index (χ3n) is 8.37. The maximum absolute atomic E-state index is 13.9. The monoisotopic (exact) mass is 748 g/mol. The van der Waals surface area contributed by atoms with Gasteiger partial charge in [-0.05, 0) is 61.1 Å². The minimum atomic E-state index is -5.22. The minimum absolute atomic E-state index is 0.0152. The second-order valence-corrected chi connectivity index (χ2v) is 11.4. The standard InChI is InChI=1S/C16H16F5NO4.C15H14F5NO4/c1-25-14(23)8-3-4-22(15(24)26-2)12(7-8)9-5-10(17)13(11(18)6-9)16(19,20)21;1-25-14(24)21-3-2-7(13(22)23)6-11(21)8-4-9(16)12(10(17)5-8)15(18,19)20/h5-6,8,12H,3-4,7H2,1-2H3;4-5,7,11H,2-3,6H2,1H3,(H,22,23). The highest BCUT2D eigenvalue weighted by Crippen LogP contribution is 2.41. The van der Waals surface area contributed by atoms with Gasteiger partial charge in [-0.25, -0.2) is 27.2 Å². The Labute approximate surface area is 282 Å². The first-order valence-electron chi connectivity index (χ1n) is 14.8. The summed E-state index contributed by atoms with van der Waals surface area (Å²) in [7, 11) is 3.33. The van der Waals surface area contributed by atoms with E-state index in [0.29, 0.717) is 24.3 Å². The van der Waals surface area contributed by atoms with Crippen LogP contribution in [0.3, 0.4) is 0 Å². The van der Waals surface area contributed by atoms with Gasteiger partial charge in [0, 0.05) is 13.1 Å². The van der Waals surface area contributed by atoms with E-state index in [9.17, 15) is 63.1 Å². The molecule has 2 aliphatic rings. The van der Waals surface area contributed by atoms with E-state index < -0.39 is 94.8 Å². The van der Waals surface area contributed by atoms with Gasteiger partial charge in [-0.3, -0.25) is 9.59 Å². The summed E-state index contributed by atoms with van der Waals surface area (Å²) in [5.74, 6) is -10.6. The predicted molar refractivity (Wildman–Crippen MR) is 152 cm³/mol. The zero-order valence-corrected chi connectivity index (χ0v) is 26.8. The molecular formula is C31H30F10N2O8. The Morgan fingerprint density at radius 1 is 0.627 bits per heavy atom. The first-order valence-corrected chi connectivity index (χ1v) is 14.8. The van der Waals surface area contributed by atoms with Gasteiger partial charge in [0.25, 0.3) is 0 Å². The van der Waals surface area contributed by atoms with Crippen LogP contribution in [0.25, 0.3) is 0 Å². The molecule has 282 valence electrons. The first-order chi connectivity index (χ1) is 23.7. The van der Waals surface area contributed by atoms with Crippen LogP contribution in [0.2, 0.25) is 0 Å². The van der Waals surface area contributed by atoms with Crippen LogP contribution in [0.5, 0.6) is 0 Å². The number of esters is 1. The second-order valence-electron chi connectivity index (χ2n) is 11.4. The van der Waals surface area contributed by atoms with Crippen molar-refractivity contribution in [2.75, 3.05) is 34.4 Å². The van der Waals surface area contributed by atoms with Crippen molar-refractivity contribution in [1.82, 2.24) is 9.80 Å². The molecule has 0 aliphatic carbocycles. The number of piperidine rings is 2. The van der Waals surface area contributed by atoms with E-state index in [0.717, 1.165) is 24.0 Å². The number of methoxy groups -OCH3 is 3. The lowest BCUT2D eigenvalue weighted by atomic mass is 9.87. The van der Waals surface area contributed by atoms with Crippen LogP contribution in [0.4, 0.5) is 53.5 Å². The van der Waals surface area contributed by atoms with Gasteiger partial charge in [-0.2, -0.15) is 26.3 Å². The summed E-state index contributed by atoms with van der Waals surface area (Å²) in [6.45, 7) is -0.0556. The van der Waals surface area contributed by atoms with E-state index in [4.69, 9.17) is 5.11 Å². The number of likely N-dealkylation sites (tertiary alicyclic amines) is 2. The Morgan fingerprint density at radius 2 is 0.961 bits per heavy atom. The van der Waals surface area contributed by atoms with Gasteiger partial charge in [-0.15, -0.1) is 0 Å². The maximum Gasteiger partial charge on any atom is 0.422 e. The molecule has 2 aromatic rings. The van der Waals surface area contributed by atoms with Crippen molar-refractivity contribution in [1.29, 1.82) is 0 Å². The molecule has 51 heavy (non-hydrogen) atoms. The molecule has 0 radical (unpaired) electrons. The largest absolute Gasteiger partial charge is 0.481 e. The van der Waals surface area contributed by atoms with Crippen LogP contribution in [-0.4, -0.2) is 73.5 Å². The Kier molecular flexibility index (Phi) is 12.8. The first kappa shape index (κ1) is 40.6. The van der Waals surface area contributed by atoms with Crippen LogP contribution < -0.4 is 0 Å². The molecule has 1 N–H and O–H groups in total. The summed E-state index contributed by atoms with van der Waals surface area (Å²) in [6, 6.07) is -0.175. The average Bonchev–Trinajstić information content (AvgIpc) is 3.04. The number of alkyl halides is 6. The van der Waals surface area contributed by atoms with E-state index in [-0.39, 0.29) is 49.9 Å². The summed E-state index contributed by atoms with van der Waals surface area (Å²) in [5, 5.41) is 9.11. The van der Waals surface area contributed by atoms with Gasteiger partial charge in [-0.1, -0.05) is 0 Å². The summed E-state index contributed by atoms with van der Waals surface area (Å²) in [4.78, 5) is 48.8. The summed E-state index contributed by atoms with van der Waals surface area (Å²) < 4.78 is 145. The number of nitrogens with zero attached hydrogens (tertiary/aromatic N) is 2. The summed E-state index contributed by atoms with van der Waals surface area (Å²) in [5.41, 5.74) is -4.51. The maximum atomic E-state index is 13.9. The van der Waals surface area contributed by atoms with Gasteiger partial charge in [0.2, 0.25) is 0 Å². The number of benzene rings is 2. The molecule has 4 unspecified atom stereocenters. The molecule has 4 atom stereocenters. The number of ether oxygens (including phenoxy) is 3. The van der Waals surface area contributed by atoms with Crippen molar-refractivity contribution in [3.8, 4) is 0 Å². The Balaban J connectivity index is 0.000000276. The Morgan fingerprint density at radius 3 is 1.25 bits per heavy atom. The zero-order chi connectivity index (χ0) is 38.6.